The maximum atomic E-state index is 12.0. The highest BCUT2D eigenvalue weighted by Gasteiger charge is 2.38. The fourth-order valence-electron chi connectivity index (χ4n) is 2.56. The molecule has 1 aliphatic rings. The molecule has 0 radical (unpaired) electrons. The Balaban J connectivity index is 1.50. The zero-order valence-corrected chi connectivity index (χ0v) is 14.7. The van der Waals surface area contributed by atoms with Crippen LogP contribution in [-0.2, 0) is 9.59 Å². The number of rotatable bonds is 6. The van der Waals surface area contributed by atoms with E-state index in [0.29, 0.717) is 12.5 Å². The molecule has 0 spiro atoms. The molecular weight excluding hydrogens is 322 g/mol. The molecular formula is C18H21N3O2S. The van der Waals surface area contributed by atoms with Crippen LogP contribution in [0.1, 0.15) is 25.5 Å². The lowest BCUT2D eigenvalue weighted by atomic mass is 10.2. The Morgan fingerprint density at radius 2 is 2.17 bits per heavy atom. The first-order valence-corrected chi connectivity index (χ1v) is 9.01. The van der Waals surface area contributed by atoms with Gasteiger partial charge in [-0.05, 0) is 31.4 Å². The van der Waals surface area contributed by atoms with E-state index in [0.717, 1.165) is 28.4 Å². The minimum Gasteiger partial charge on any atom is -0.355 e. The van der Waals surface area contributed by atoms with Crippen molar-refractivity contribution in [2.75, 3.05) is 11.9 Å². The summed E-state index contributed by atoms with van der Waals surface area (Å²) in [4.78, 5) is 28.2. The minimum atomic E-state index is -0.105. The molecule has 1 saturated carbocycles. The van der Waals surface area contributed by atoms with E-state index >= 15 is 0 Å². The van der Waals surface area contributed by atoms with E-state index in [1.165, 1.54) is 0 Å². The highest BCUT2D eigenvalue weighted by atomic mass is 32.1. The van der Waals surface area contributed by atoms with Gasteiger partial charge in [0.05, 0.1) is 0 Å². The topological polar surface area (TPSA) is 71.1 Å². The van der Waals surface area contributed by atoms with E-state index in [1.807, 2.05) is 36.6 Å². The molecule has 0 unspecified atom stereocenters. The van der Waals surface area contributed by atoms with Crippen molar-refractivity contribution in [3.8, 4) is 10.6 Å². The average molecular weight is 343 g/mol. The Morgan fingerprint density at radius 3 is 2.83 bits per heavy atom. The van der Waals surface area contributed by atoms with Crippen LogP contribution in [0.4, 0.5) is 5.69 Å². The van der Waals surface area contributed by atoms with Gasteiger partial charge in [-0.2, -0.15) is 0 Å². The van der Waals surface area contributed by atoms with Crippen LogP contribution >= 0.6 is 11.3 Å². The molecule has 2 amide bonds. The fraction of sp³-hybridized carbons (Fsp3) is 0.389. The molecule has 0 aliphatic heterocycles. The van der Waals surface area contributed by atoms with Crippen LogP contribution in [0.2, 0.25) is 0 Å². The van der Waals surface area contributed by atoms with Gasteiger partial charge in [0, 0.05) is 41.2 Å². The molecule has 24 heavy (non-hydrogen) atoms. The molecule has 5 nitrogen and oxygen atoms in total. The number of carbonyl (C=O) groups excluding carboxylic acids is 2. The summed E-state index contributed by atoms with van der Waals surface area (Å²) < 4.78 is 0. The summed E-state index contributed by atoms with van der Waals surface area (Å²) in [5, 5.41) is 8.64. The predicted octanol–water partition coefficient (Wildman–Crippen LogP) is 3.22. The molecule has 2 aromatic rings. The lowest BCUT2D eigenvalue weighted by Gasteiger charge is -2.07. The number of benzene rings is 1. The zero-order valence-electron chi connectivity index (χ0n) is 13.8. The molecule has 1 fully saturated rings. The Bertz CT molecular complexity index is 756. The summed E-state index contributed by atoms with van der Waals surface area (Å²) in [5.74, 6) is 0.589. The first-order valence-electron chi connectivity index (χ1n) is 8.13. The van der Waals surface area contributed by atoms with E-state index in [9.17, 15) is 9.59 Å². The average Bonchev–Trinajstić information content (AvgIpc) is 3.12. The number of aryl methyl sites for hydroxylation is 1. The predicted molar refractivity (Wildman–Crippen MR) is 95.8 cm³/mol. The SMILES string of the molecule is Cc1csc(-c2cccc(NC(=O)CCNC(=O)[C@H]3C[C@H]3C)c2)n1. The number of anilines is 1. The van der Waals surface area contributed by atoms with Gasteiger partial charge >= 0.3 is 0 Å². The third-order valence-electron chi connectivity index (χ3n) is 4.11. The van der Waals surface area contributed by atoms with E-state index in [4.69, 9.17) is 0 Å². The van der Waals surface area contributed by atoms with Crippen molar-refractivity contribution in [3.05, 3.63) is 35.3 Å². The monoisotopic (exact) mass is 343 g/mol. The zero-order chi connectivity index (χ0) is 17.1. The first kappa shape index (κ1) is 16.6. The van der Waals surface area contributed by atoms with E-state index in [2.05, 4.69) is 22.5 Å². The van der Waals surface area contributed by atoms with Gasteiger partial charge in [-0.3, -0.25) is 9.59 Å². The number of nitrogens with one attached hydrogen (secondary N) is 2. The summed E-state index contributed by atoms with van der Waals surface area (Å²) in [6, 6.07) is 7.65. The lowest BCUT2D eigenvalue weighted by molar-refractivity contribution is -0.122. The summed E-state index contributed by atoms with van der Waals surface area (Å²) >= 11 is 1.58. The van der Waals surface area contributed by atoms with Crippen LogP contribution in [0.5, 0.6) is 0 Å². The molecule has 0 bridgehead atoms. The van der Waals surface area contributed by atoms with E-state index in [1.54, 1.807) is 11.3 Å². The largest absolute Gasteiger partial charge is 0.355 e. The van der Waals surface area contributed by atoms with Crippen molar-refractivity contribution in [2.24, 2.45) is 11.8 Å². The van der Waals surface area contributed by atoms with E-state index in [-0.39, 0.29) is 24.2 Å². The normalized spacial score (nSPS) is 18.9. The van der Waals surface area contributed by atoms with Gasteiger partial charge in [0.25, 0.3) is 0 Å². The Morgan fingerprint density at radius 1 is 1.38 bits per heavy atom. The molecule has 0 saturated heterocycles. The van der Waals surface area contributed by atoms with Crippen LogP contribution in [0.3, 0.4) is 0 Å². The quantitative estimate of drug-likeness (QED) is 0.846. The Hall–Kier alpha value is -2.21. The molecule has 126 valence electrons. The molecule has 1 heterocycles. The number of aromatic nitrogens is 1. The van der Waals surface area contributed by atoms with Gasteiger partial charge < -0.3 is 10.6 Å². The minimum absolute atomic E-state index is 0.0661. The second-order valence-electron chi connectivity index (χ2n) is 6.28. The Labute approximate surface area is 145 Å². The van der Waals surface area contributed by atoms with Gasteiger partial charge in [-0.15, -0.1) is 11.3 Å². The first-order chi connectivity index (χ1) is 11.5. The van der Waals surface area contributed by atoms with Gasteiger partial charge in [-0.25, -0.2) is 4.98 Å². The van der Waals surface area contributed by atoms with Crippen molar-refractivity contribution in [2.45, 2.75) is 26.7 Å². The van der Waals surface area contributed by atoms with Gasteiger partial charge in [0.15, 0.2) is 0 Å². The molecule has 6 heteroatoms. The summed E-state index contributed by atoms with van der Waals surface area (Å²) in [5.41, 5.74) is 2.72. The van der Waals surface area contributed by atoms with Gasteiger partial charge in [0.2, 0.25) is 11.8 Å². The van der Waals surface area contributed by atoms with Gasteiger partial charge in [0.1, 0.15) is 5.01 Å². The number of hydrogen-bond donors (Lipinski definition) is 2. The molecule has 1 aliphatic carbocycles. The summed E-state index contributed by atoms with van der Waals surface area (Å²) in [6.45, 7) is 4.40. The highest BCUT2D eigenvalue weighted by Crippen LogP contribution is 2.37. The van der Waals surface area contributed by atoms with Crippen LogP contribution < -0.4 is 10.6 Å². The molecule has 1 aromatic carbocycles. The van der Waals surface area contributed by atoms with Crippen molar-refractivity contribution < 1.29 is 9.59 Å². The second-order valence-corrected chi connectivity index (χ2v) is 7.14. The number of hydrogen-bond acceptors (Lipinski definition) is 4. The number of amides is 2. The molecule has 2 atom stereocenters. The number of nitrogens with zero attached hydrogens (tertiary/aromatic N) is 1. The number of thiazole rings is 1. The standard InChI is InChI=1S/C18H21N3O2S/c1-11-8-15(11)17(23)19-7-6-16(22)21-14-5-3-4-13(9-14)18-20-12(2)10-24-18/h3-5,9-11,15H,6-8H2,1-2H3,(H,19,23)(H,21,22)/t11-,15+/m1/s1. The highest BCUT2D eigenvalue weighted by molar-refractivity contribution is 7.13. The maximum Gasteiger partial charge on any atom is 0.226 e. The molecule has 1 aromatic heterocycles. The van der Waals surface area contributed by atoms with Gasteiger partial charge in [-0.1, -0.05) is 19.1 Å². The summed E-state index contributed by atoms with van der Waals surface area (Å²) in [7, 11) is 0. The maximum absolute atomic E-state index is 12.0. The smallest absolute Gasteiger partial charge is 0.226 e. The number of carbonyl (C=O) groups is 2. The van der Waals surface area contributed by atoms with E-state index < -0.39 is 0 Å². The third-order valence-corrected chi connectivity index (χ3v) is 5.12. The van der Waals surface area contributed by atoms with Crippen LogP contribution in [0, 0.1) is 18.8 Å². The van der Waals surface area contributed by atoms with Crippen LogP contribution in [0.25, 0.3) is 10.6 Å². The second kappa shape index (κ2) is 7.13. The molecule has 3 rings (SSSR count). The van der Waals surface area contributed by atoms with Crippen molar-refractivity contribution in [1.82, 2.24) is 10.3 Å². The fourth-order valence-corrected chi connectivity index (χ4v) is 3.35. The summed E-state index contributed by atoms with van der Waals surface area (Å²) in [6.07, 6.45) is 1.23. The van der Waals surface area contributed by atoms with Crippen LogP contribution in [0.15, 0.2) is 29.6 Å². The van der Waals surface area contributed by atoms with Crippen molar-refractivity contribution in [3.63, 3.8) is 0 Å². The van der Waals surface area contributed by atoms with Crippen molar-refractivity contribution >= 4 is 28.8 Å². The third kappa shape index (κ3) is 4.20. The van der Waals surface area contributed by atoms with Crippen LogP contribution in [-0.4, -0.2) is 23.3 Å². The lowest BCUT2D eigenvalue weighted by Crippen LogP contribution is -2.29. The molecule has 2 N–H and O–H groups in total. The van der Waals surface area contributed by atoms with Crippen molar-refractivity contribution in [1.29, 1.82) is 0 Å². The Kier molecular flexibility index (Phi) is 4.94.